The Morgan fingerprint density at radius 3 is 2.52 bits per heavy atom. The van der Waals surface area contributed by atoms with Gasteiger partial charge in [0.15, 0.2) is 5.82 Å². The second-order valence-electron chi connectivity index (χ2n) is 6.28. The highest BCUT2D eigenvalue weighted by atomic mass is 32.2. The smallest absolute Gasteiger partial charge is 0.321 e. The highest BCUT2D eigenvalue weighted by Crippen LogP contribution is 2.22. The van der Waals surface area contributed by atoms with E-state index < -0.39 is 15.9 Å². The van der Waals surface area contributed by atoms with Crippen LogP contribution in [0.3, 0.4) is 0 Å². The van der Waals surface area contributed by atoms with Crippen molar-refractivity contribution in [2.75, 3.05) is 32.2 Å². The molecule has 1 fully saturated rings. The molecule has 1 amide bonds. The zero-order chi connectivity index (χ0) is 21.0. The molecule has 11 nitrogen and oxygen atoms in total. The van der Waals surface area contributed by atoms with Gasteiger partial charge in [0.2, 0.25) is 16.0 Å². The molecule has 156 valence electrons. The van der Waals surface area contributed by atoms with E-state index in [4.69, 9.17) is 15.2 Å². The second kappa shape index (κ2) is 8.57. The SMILES string of the molecule is COc1nc(CNS(=O)(=O)c2ccc(OC)c(C(N)=O)c2)nc(N2CCCC2)n1. The van der Waals surface area contributed by atoms with E-state index >= 15 is 0 Å². The first kappa shape index (κ1) is 20.7. The Labute approximate surface area is 168 Å². The Morgan fingerprint density at radius 2 is 1.90 bits per heavy atom. The number of nitrogens with two attached hydrogens (primary N) is 1. The number of carbonyl (C=O) groups is 1. The predicted molar refractivity (Wildman–Crippen MR) is 103 cm³/mol. The van der Waals surface area contributed by atoms with Crippen molar-refractivity contribution in [1.82, 2.24) is 19.7 Å². The molecule has 0 saturated carbocycles. The Morgan fingerprint density at radius 1 is 1.17 bits per heavy atom. The van der Waals surface area contributed by atoms with E-state index in [1.807, 2.05) is 4.90 Å². The normalized spacial score (nSPS) is 14.1. The first-order chi connectivity index (χ1) is 13.8. The van der Waals surface area contributed by atoms with Crippen LogP contribution >= 0.6 is 0 Å². The summed E-state index contributed by atoms with van der Waals surface area (Å²) in [5.41, 5.74) is 5.26. The molecular weight excluding hydrogens is 400 g/mol. The van der Waals surface area contributed by atoms with Crippen molar-refractivity contribution in [3.63, 3.8) is 0 Å². The van der Waals surface area contributed by atoms with Crippen LogP contribution in [0.5, 0.6) is 11.8 Å². The number of sulfonamides is 1. The van der Waals surface area contributed by atoms with Gasteiger partial charge in [0.1, 0.15) is 5.75 Å². The van der Waals surface area contributed by atoms with Crippen molar-refractivity contribution < 1.29 is 22.7 Å². The highest BCUT2D eigenvalue weighted by molar-refractivity contribution is 7.89. The van der Waals surface area contributed by atoms with Crippen LogP contribution in [0.25, 0.3) is 0 Å². The number of amides is 1. The summed E-state index contributed by atoms with van der Waals surface area (Å²) in [6.07, 6.45) is 2.07. The van der Waals surface area contributed by atoms with Gasteiger partial charge in [-0.05, 0) is 31.0 Å². The molecule has 0 bridgehead atoms. The Hall–Kier alpha value is -2.99. The van der Waals surface area contributed by atoms with Gasteiger partial charge in [-0.15, -0.1) is 0 Å². The van der Waals surface area contributed by atoms with Crippen LogP contribution in [0.4, 0.5) is 5.95 Å². The quantitative estimate of drug-likeness (QED) is 0.602. The number of rotatable bonds is 8. The van der Waals surface area contributed by atoms with Crippen LogP contribution in [0.2, 0.25) is 0 Å². The maximum atomic E-state index is 12.7. The van der Waals surface area contributed by atoms with Crippen LogP contribution in [-0.4, -0.2) is 56.6 Å². The summed E-state index contributed by atoms with van der Waals surface area (Å²) < 4.78 is 37.9. The van der Waals surface area contributed by atoms with Gasteiger partial charge in [-0.1, -0.05) is 0 Å². The van der Waals surface area contributed by atoms with Gasteiger partial charge in [0.05, 0.1) is 31.2 Å². The average molecular weight is 422 g/mol. The average Bonchev–Trinajstić information content (AvgIpc) is 3.26. The van der Waals surface area contributed by atoms with E-state index in [0.29, 0.717) is 5.95 Å². The van der Waals surface area contributed by atoms with Crippen molar-refractivity contribution in [2.24, 2.45) is 5.73 Å². The van der Waals surface area contributed by atoms with Gasteiger partial charge in [-0.3, -0.25) is 4.79 Å². The van der Waals surface area contributed by atoms with Crippen molar-refractivity contribution in [2.45, 2.75) is 24.3 Å². The number of methoxy groups -OCH3 is 2. The highest BCUT2D eigenvalue weighted by Gasteiger charge is 2.21. The molecule has 0 radical (unpaired) electrons. The molecule has 0 spiro atoms. The molecule has 0 unspecified atom stereocenters. The fraction of sp³-hybridized carbons (Fsp3) is 0.412. The van der Waals surface area contributed by atoms with E-state index in [1.165, 1.54) is 26.4 Å². The molecule has 2 heterocycles. The zero-order valence-corrected chi connectivity index (χ0v) is 16.9. The maximum Gasteiger partial charge on any atom is 0.321 e. The first-order valence-electron chi connectivity index (χ1n) is 8.85. The van der Waals surface area contributed by atoms with Crippen molar-refractivity contribution in [3.8, 4) is 11.8 Å². The fourth-order valence-electron chi connectivity index (χ4n) is 2.90. The molecule has 1 aromatic carbocycles. The van der Waals surface area contributed by atoms with Gasteiger partial charge in [0.25, 0.3) is 5.91 Å². The minimum Gasteiger partial charge on any atom is -0.496 e. The maximum absolute atomic E-state index is 12.7. The summed E-state index contributed by atoms with van der Waals surface area (Å²) >= 11 is 0. The lowest BCUT2D eigenvalue weighted by Gasteiger charge is -2.16. The topological polar surface area (TPSA) is 150 Å². The number of benzene rings is 1. The van der Waals surface area contributed by atoms with E-state index in [0.717, 1.165) is 32.0 Å². The number of anilines is 1. The number of hydrogen-bond acceptors (Lipinski definition) is 9. The van der Waals surface area contributed by atoms with Crippen molar-refractivity contribution in [1.29, 1.82) is 0 Å². The minimum absolute atomic E-state index is 0.0338. The molecule has 0 atom stereocenters. The predicted octanol–water partition coefficient (Wildman–Crippen LogP) is 0.0664. The lowest BCUT2D eigenvalue weighted by atomic mass is 10.2. The van der Waals surface area contributed by atoms with Crippen LogP contribution in [0.15, 0.2) is 23.1 Å². The fourth-order valence-corrected chi connectivity index (χ4v) is 3.91. The number of nitrogens with one attached hydrogen (secondary N) is 1. The van der Waals surface area contributed by atoms with Crippen molar-refractivity contribution >= 4 is 21.9 Å². The Kier molecular flexibility index (Phi) is 6.13. The van der Waals surface area contributed by atoms with E-state index in [9.17, 15) is 13.2 Å². The molecule has 1 aromatic heterocycles. The van der Waals surface area contributed by atoms with Crippen molar-refractivity contribution in [3.05, 3.63) is 29.6 Å². The van der Waals surface area contributed by atoms with Gasteiger partial charge in [-0.25, -0.2) is 13.1 Å². The molecule has 3 rings (SSSR count). The van der Waals surface area contributed by atoms with E-state index in [2.05, 4.69) is 19.7 Å². The molecule has 1 aliphatic rings. The first-order valence-corrected chi connectivity index (χ1v) is 10.3. The largest absolute Gasteiger partial charge is 0.496 e. The Bertz CT molecular complexity index is 1010. The second-order valence-corrected chi connectivity index (χ2v) is 8.05. The number of primary amides is 1. The summed E-state index contributed by atoms with van der Waals surface area (Å²) in [4.78, 5) is 26.1. The van der Waals surface area contributed by atoms with Gasteiger partial charge in [-0.2, -0.15) is 15.0 Å². The molecule has 2 aromatic rings. The lowest BCUT2D eigenvalue weighted by Crippen LogP contribution is -2.27. The number of aromatic nitrogens is 3. The van der Waals surface area contributed by atoms with Gasteiger partial charge >= 0.3 is 6.01 Å². The third-order valence-electron chi connectivity index (χ3n) is 4.39. The van der Waals surface area contributed by atoms with Crippen LogP contribution < -0.4 is 24.8 Å². The number of ether oxygens (including phenoxy) is 2. The number of nitrogens with zero attached hydrogens (tertiary/aromatic N) is 4. The zero-order valence-electron chi connectivity index (χ0n) is 16.1. The molecule has 0 aliphatic carbocycles. The summed E-state index contributed by atoms with van der Waals surface area (Å²) in [6, 6.07) is 3.95. The molecular formula is C17H22N6O5S. The van der Waals surface area contributed by atoms with Gasteiger partial charge in [0, 0.05) is 13.1 Å². The molecule has 1 saturated heterocycles. The van der Waals surface area contributed by atoms with E-state index in [-0.39, 0.29) is 34.6 Å². The van der Waals surface area contributed by atoms with Crippen LogP contribution in [0, 0.1) is 0 Å². The molecule has 3 N–H and O–H groups in total. The molecule has 1 aliphatic heterocycles. The van der Waals surface area contributed by atoms with Crippen LogP contribution in [-0.2, 0) is 16.6 Å². The number of carbonyl (C=O) groups excluding carboxylic acids is 1. The third-order valence-corrected chi connectivity index (χ3v) is 5.79. The monoisotopic (exact) mass is 422 g/mol. The summed E-state index contributed by atoms with van der Waals surface area (Å²) in [6.45, 7) is 1.46. The lowest BCUT2D eigenvalue weighted by molar-refractivity contribution is 0.0997. The minimum atomic E-state index is -3.96. The van der Waals surface area contributed by atoms with Gasteiger partial charge < -0.3 is 20.1 Å². The van der Waals surface area contributed by atoms with E-state index in [1.54, 1.807) is 0 Å². The standard InChI is InChI=1S/C17H22N6O5S/c1-27-13-6-5-11(9-12(13)15(18)24)29(25,26)19-10-14-20-16(22-17(21-14)28-2)23-7-3-4-8-23/h5-6,9,19H,3-4,7-8,10H2,1-2H3,(H2,18,24). The van der Waals surface area contributed by atoms with Crippen LogP contribution in [0.1, 0.15) is 29.0 Å². The Balaban J connectivity index is 1.82. The molecule has 12 heteroatoms. The summed E-state index contributed by atoms with van der Waals surface area (Å²) in [5, 5.41) is 0. The summed E-state index contributed by atoms with van der Waals surface area (Å²) in [5.74, 6) is 0.0558. The summed E-state index contributed by atoms with van der Waals surface area (Å²) in [7, 11) is -1.17. The number of hydrogen-bond donors (Lipinski definition) is 2. The third kappa shape index (κ3) is 4.71. The molecule has 29 heavy (non-hydrogen) atoms.